The number of hydrogen-bond donors (Lipinski definition) is 4. The number of carbonyl (C=O) groups is 6. The summed E-state index contributed by atoms with van der Waals surface area (Å²) in [5.41, 5.74) is 5.60. The van der Waals surface area contributed by atoms with Gasteiger partial charge in [0.05, 0.1) is 6.04 Å². The smallest absolute Gasteiger partial charge is 0.369 e. The maximum absolute atomic E-state index is 14.9. The summed E-state index contributed by atoms with van der Waals surface area (Å²) < 4.78 is 29.8. The van der Waals surface area contributed by atoms with Crippen molar-refractivity contribution in [3.05, 3.63) is 35.9 Å². The molecule has 11 nitrogen and oxygen atoms in total. The van der Waals surface area contributed by atoms with Gasteiger partial charge in [0.2, 0.25) is 29.4 Å². The molecule has 1 aliphatic heterocycles. The number of benzene rings is 1. The minimum atomic E-state index is -4.42. The first-order valence-electron chi connectivity index (χ1n) is 13.1. The maximum atomic E-state index is 14.9. The molecule has 0 radical (unpaired) electrons. The Morgan fingerprint density at radius 3 is 2.12 bits per heavy atom. The molecule has 0 bridgehead atoms. The van der Waals surface area contributed by atoms with Gasteiger partial charge in [-0.05, 0) is 30.2 Å². The van der Waals surface area contributed by atoms with Crippen LogP contribution in [0.1, 0.15) is 52.5 Å². The van der Waals surface area contributed by atoms with Crippen LogP contribution in [0.15, 0.2) is 30.3 Å². The first-order valence-corrected chi connectivity index (χ1v) is 13.1. The van der Waals surface area contributed by atoms with Gasteiger partial charge in [-0.25, -0.2) is 0 Å². The third-order valence-electron chi connectivity index (χ3n) is 6.56. The van der Waals surface area contributed by atoms with Crippen molar-refractivity contribution in [2.75, 3.05) is 6.54 Å². The van der Waals surface area contributed by atoms with Gasteiger partial charge in [-0.3, -0.25) is 28.8 Å². The summed E-state index contributed by atoms with van der Waals surface area (Å²) in [5.74, 6) is -12.2. The van der Waals surface area contributed by atoms with E-state index in [-0.39, 0.29) is 19.5 Å². The summed E-state index contributed by atoms with van der Waals surface area (Å²) in [5, 5.41) is 6.83. The van der Waals surface area contributed by atoms with Crippen molar-refractivity contribution >= 4 is 35.3 Å². The minimum Gasteiger partial charge on any atom is -0.369 e. The van der Waals surface area contributed by atoms with Crippen molar-refractivity contribution in [1.29, 1.82) is 0 Å². The molecule has 3 atom stereocenters. The molecule has 220 valence electrons. The van der Waals surface area contributed by atoms with E-state index in [9.17, 15) is 37.5 Å². The fourth-order valence-corrected chi connectivity index (χ4v) is 4.36. The van der Waals surface area contributed by atoms with E-state index in [1.165, 1.54) is 18.7 Å². The first-order chi connectivity index (χ1) is 18.7. The Kier molecular flexibility index (Phi) is 11.3. The molecule has 2 rings (SSSR count). The van der Waals surface area contributed by atoms with E-state index < -0.39 is 77.6 Å². The summed E-state index contributed by atoms with van der Waals surface area (Å²) in [6.07, 6.45) is -0.00146. The van der Waals surface area contributed by atoms with Crippen LogP contribution in [0.25, 0.3) is 0 Å². The molecule has 1 aromatic carbocycles. The number of nitrogens with two attached hydrogens (primary N) is 1. The van der Waals surface area contributed by atoms with Gasteiger partial charge < -0.3 is 26.6 Å². The van der Waals surface area contributed by atoms with Crippen molar-refractivity contribution in [2.24, 2.45) is 17.6 Å². The fourth-order valence-electron chi connectivity index (χ4n) is 4.36. The highest BCUT2D eigenvalue weighted by atomic mass is 19.3. The van der Waals surface area contributed by atoms with Gasteiger partial charge in [0.1, 0.15) is 18.5 Å². The lowest BCUT2D eigenvalue weighted by Gasteiger charge is -2.32. The molecule has 5 amide bonds. The quantitative estimate of drug-likeness (QED) is 0.256. The minimum absolute atomic E-state index is 0.157. The van der Waals surface area contributed by atoms with Crippen LogP contribution < -0.4 is 21.7 Å². The number of amides is 5. The SMILES string of the molecule is CC(C)[C@H](NC(=O)CC(N)=O)C(=O)N1CCC[C@H]1C(=O)N[C@H](C(=O)C(F)(F)C(=O)NCc1ccccc1)C(C)C. The Morgan fingerprint density at radius 1 is 0.975 bits per heavy atom. The number of alkyl halides is 2. The van der Waals surface area contributed by atoms with Gasteiger partial charge in [-0.15, -0.1) is 0 Å². The Hall–Kier alpha value is -3.90. The molecule has 0 aliphatic carbocycles. The number of ketones is 1. The lowest BCUT2D eigenvalue weighted by molar-refractivity contribution is -0.161. The zero-order chi connectivity index (χ0) is 30.2. The predicted octanol–water partition coefficient (Wildman–Crippen LogP) is 0.655. The summed E-state index contributed by atoms with van der Waals surface area (Å²) in [7, 11) is 0. The largest absolute Gasteiger partial charge is 0.383 e. The zero-order valence-electron chi connectivity index (χ0n) is 23.0. The van der Waals surface area contributed by atoms with Crippen LogP contribution in [-0.2, 0) is 35.3 Å². The molecule has 1 aliphatic rings. The molecule has 1 saturated heterocycles. The lowest BCUT2D eigenvalue weighted by Crippen LogP contribution is -2.60. The van der Waals surface area contributed by atoms with E-state index in [4.69, 9.17) is 5.73 Å². The topological polar surface area (TPSA) is 168 Å². The number of nitrogens with one attached hydrogen (secondary N) is 3. The molecule has 1 aromatic rings. The number of likely N-dealkylation sites (tertiary alicyclic amines) is 1. The number of carbonyl (C=O) groups excluding carboxylic acids is 6. The number of Topliss-reactive ketones (excluding diaryl/α,β-unsaturated/α-hetero) is 1. The molecule has 1 fully saturated rings. The van der Waals surface area contributed by atoms with Crippen LogP contribution in [0, 0.1) is 11.8 Å². The molecule has 1 heterocycles. The van der Waals surface area contributed by atoms with Crippen molar-refractivity contribution in [3.63, 3.8) is 0 Å². The van der Waals surface area contributed by atoms with Crippen molar-refractivity contribution in [2.45, 2.75) is 77.6 Å². The van der Waals surface area contributed by atoms with E-state index in [0.29, 0.717) is 12.0 Å². The Balaban J connectivity index is 2.14. The normalized spacial score (nSPS) is 16.8. The number of nitrogens with zero attached hydrogens (tertiary/aromatic N) is 1. The number of halogens is 2. The molecule has 0 aromatic heterocycles. The second kappa shape index (κ2) is 13.9. The molecular formula is C27H37F2N5O6. The average Bonchev–Trinajstić information content (AvgIpc) is 3.38. The van der Waals surface area contributed by atoms with Gasteiger partial charge in [0, 0.05) is 13.1 Å². The predicted molar refractivity (Wildman–Crippen MR) is 140 cm³/mol. The summed E-state index contributed by atoms with van der Waals surface area (Å²) >= 11 is 0. The first kappa shape index (κ1) is 32.3. The van der Waals surface area contributed by atoms with Crippen LogP contribution in [0.5, 0.6) is 0 Å². The highest BCUT2D eigenvalue weighted by Crippen LogP contribution is 2.24. The molecule has 0 unspecified atom stereocenters. The molecule has 0 spiro atoms. The molecule has 13 heteroatoms. The third kappa shape index (κ3) is 8.30. The molecule has 5 N–H and O–H groups in total. The monoisotopic (exact) mass is 565 g/mol. The second-order valence-corrected chi connectivity index (χ2v) is 10.5. The maximum Gasteiger partial charge on any atom is 0.383 e. The van der Waals surface area contributed by atoms with Gasteiger partial charge in [0.15, 0.2) is 0 Å². The molecular weight excluding hydrogens is 528 g/mol. The van der Waals surface area contributed by atoms with E-state index in [2.05, 4.69) is 16.0 Å². The zero-order valence-corrected chi connectivity index (χ0v) is 23.0. The van der Waals surface area contributed by atoms with Crippen LogP contribution in [0.4, 0.5) is 8.78 Å². The van der Waals surface area contributed by atoms with E-state index in [0.717, 1.165) is 0 Å². The average molecular weight is 566 g/mol. The van der Waals surface area contributed by atoms with Crippen LogP contribution in [0.3, 0.4) is 0 Å². The van der Waals surface area contributed by atoms with E-state index >= 15 is 0 Å². The van der Waals surface area contributed by atoms with E-state index in [1.54, 1.807) is 44.2 Å². The van der Waals surface area contributed by atoms with Crippen molar-refractivity contribution < 1.29 is 37.5 Å². The second-order valence-electron chi connectivity index (χ2n) is 10.5. The van der Waals surface area contributed by atoms with Gasteiger partial charge in [0.25, 0.3) is 5.91 Å². The molecule has 0 saturated carbocycles. The van der Waals surface area contributed by atoms with Gasteiger partial charge in [-0.2, -0.15) is 8.78 Å². The summed E-state index contributed by atoms with van der Waals surface area (Å²) in [4.78, 5) is 76.0. The van der Waals surface area contributed by atoms with Crippen molar-refractivity contribution in [3.8, 4) is 0 Å². The Morgan fingerprint density at radius 2 is 1.57 bits per heavy atom. The van der Waals surface area contributed by atoms with Crippen LogP contribution in [-0.4, -0.2) is 70.8 Å². The summed E-state index contributed by atoms with van der Waals surface area (Å²) in [6.45, 7) is 6.16. The number of hydrogen-bond acceptors (Lipinski definition) is 6. The van der Waals surface area contributed by atoms with Crippen LogP contribution in [0.2, 0.25) is 0 Å². The fraction of sp³-hybridized carbons (Fsp3) is 0.556. The number of primary amides is 1. The summed E-state index contributed by atoms with van der Waals surface area (Å²) in [6, 6.07) is 4.45. The Bertz CT molecular complexity index is 1110. The van der Waals surface area contributed by atoms with Crippen molar-refractivity contribution in [1.82, 2.24) is 20.9 Å². The third-order valence-corrected chi connectivity index (χ3v) is 6.56. The number of rotatable bonds is 13. The van der Waals surface area contributed by atoms with E-state index in [1.807, 2.05) is 0 Å². The highest BCUT2D eigenvalue weighted by molar-refractivity contribution is 6.10. The standard InChI is InChI=1S/C27H37F2N5O6/c1-15(2)21(23(37)27(28,29)26(40)31-14-17-9-6-5-7-10-17)33-24(38)18-11-8-12-34(18)25(39)22(16(3)4)32-20(36)13-19(30)35/h5-7,9-10,15-16,18,21-22H,8,11-14H2,1-4H3,(H2,30,35)(H,31,40)(H,32,36)(H,33,38)/t18-,21-,22-/m0/s1. The van der Waals surface area contributed by atoms with Crippen LogP contribution >= 0.6 is 0 Å². The van der Waals surface area contributed by atoms with Gasteiger partial charge in [-0.1, -0.05) is 58.0 Å². The van der Waals surface area contributed by atoms with Gasteiger partial charge >= 0.3 is 5.92 Å². The lowest BCUT2D eigenvalue weighted by atomic mass is 9.94. The molecule has 40 heavy (non-hydrogen) atoms. The highest BCUT2D eigenvalue weighted by Gasteiger charge is 2.51. The Labute approximate surface area is 231 Å².